The van der Waals surface area contributed by atoms with E-state index in [4.69, 9.17) is 17.0 Å². The zero-order chi connectivity index (χ0) is 22.0. The number of para-hydroxylation sites is 1. The first-order valence-electron chi connectivity index (χ1n) is 9.50. The predicted octanol–water partition coefficient (Wildman–Crippen LogP) is 5.77. The molecule has 0 unspecified atom stereocenters. The molecule has 0 saturated carbocycles. The fourth-order valence-electron chi connectivity index (χ4n) is 3.26. The van der Waals surface area contributed by atoms with Crippen molar-refractivity contribution in [1.82, 2.24) is 4.90 Å². The fraction of sp³-hybridized carbons (Fsp3) is 0.0833. The van der Waals surface area contributed by atoms with Gasteiger partial charge in [-0.25, -0.2) is 4.39 Å². The zero-order valence-electron chi connectivity index (χ0n) is 16.6. The highest BCUT2D eigenvalue weighted by atomic mass is 79.9. The van der Waals surface area contributed by atoms with Crippen LogP contribution in [0.25, 0.3) is 6.08 Å². The largest absolute Gasteiger partial charge is 0.488 e. The lowest BCUT2D eigenvalue weighted by Crippen LogP contribution is -2.30. The van der Waals surface area contributed by atoms with E-state index < -0.39 is 0 Å². The smallest absolute Gasteiger partial charge is 0.281 e. The van der Waals surface area contributed by atoms with Gasteiger partial charge in [-0.2, -0.15) is 0 Å². The number of ether oxygens (including phenoxy) is 1. The molecule has 0 radical (unpaired) electrons. The molecule has 1 fully saturated rings. The van der Waals surface area contributed by atoms with E-state index in [1.54, 1.807) is 30.2 Å². The molecule has 0 aromatic heterocycles. The van der Waals surface area contributed by atoms with Gasteiger partial charge in [0.05, 0.1) is 5.69 Å². The molecular weight excluding hydrogens is 479 g/mol. The molecule has 3 aromatic rings. The van der Waals surface area contributed by atoms with Crippen LogP contribution in [0.4, 0.5) is 10.1 Å². The maximum Gasteiger partial charge on any atom is 0.281 e. The van der Waals surface area contributed by atoms with Crippen molar-refractivity contribution in [2.45, 2.75) is 6.61 Å². The SMILES string of the molecule is CN1C(=S)N(c2ccccc2)C(=O)/C1=C/c1cc(Br)ccc1OCc1cccc(F)c1. The lowest BCUT2D eigenvalue weighted by Gasteiger charge is -2.16. The van der Waals surface area contributed by atoms with Crippen molar-refractivity contribution in [2.24, 2.45) is 0 Å². The molecule has 1 amide bonds. The van der Waals surface area contributed by atoms with Crippen LogP contribution < -0.4 is 9.64 Å². The molecule has 1 saturated heterocycles. The van der Waals surface area contributed by atoms with Crippen LogP contribution in [0, 0.1) is 5.82 Å². The Balaban J connectivity index is 1.65. The van der Waals surface area contributed by atoms with Gasteiger partial charge in [0.1, 0.15) is 23.9 Å². The average Bonchev–Trinajstić information content (AvgIpc) is 2.97. The molecule has 0 atom stereocenters. The van der Waals surface area contributed by atoms with E-state index in [1.165, 1.54) is 17.0 Å². The lowest BCUT2D eigenvalue weighted by atomic mass is 10.1. The van der Waals surface area contributed by atoms with Crippen molar-refractivity contribution in [3.05, 3.63) is 99.9 Å². The summed E-state index contributed by atoms with van der Waals surface area (Å²) in [6, 6.07) is 21.1. The summed E-state index contributed by atoms with van der Waals surface area (Å²) in [5, 5.41) is 0.402. The van der Waals surface area contributed by atoms with Gasteiger partial charge in [0.15, 0.2) is 5.11 Å². The highest BCUT2D eigenvalue weighted by Gasteiger charge is 2.36. The quantitative estimate of drug-likeness (QED) is 0.331. The Morgan fingerprint density at radius 3 is 2.58 bits per heavy atom. The summed E-state index contributed by atoms with van der Waals surface area (Å²) in [6.07, 6.45) is 1.75. The van der Waals surface area contributed by atoms with E-state index >= 15 is 0 Å². The molecule has 1 aliphatic rings. The van der Waals surface area contributed by atoms with Crippen LogP contribution in [0.5, 0.6) is 5.75 Å². The predicted molar refractivity (Wildman–Crippen MR) is 127 cm³/mol. The van der Waals surface area contributed by atoms with Crippen LogP contribution in [-0.4, -0.2) is 23.0 Å². The number of likely N-dealkylation sites (N-methyl/N-ethyl adjacent to an activating group) is 1. The molecule has 3 aromatic carbocycles. The molecule has 0 spiro atoms. The number of benzene rings is 3. The van der Waals surface area contributed by atoms with Gasteiger partial charge in [-0.15, -0.1) is 0 Å². The zero-order valence-corrected chi connectivity index (χ0v) is 19.0. The van der Waals surface area contributed by atoms with Gasteiger partial charge in [-0.1, -0.05) is 46.3 Å². The molecule has 4 rings (SSSR count). The maximum absolute atomic E-state index is 13.5. The Hall–Kier alpha value is -3.03. The number of halogens is 2. The first-order chi connectivity index (χ1) is 14.9. The minimum absolute atomic E-state index is 0.202. The number of rotatable bonds is 5. The Kier molecular flexibility index (Phi) is 6.15. The molecule has 31 heavy (non-hydrogen) atoms. The monoisotopic (exact) mass is 496 g/mol. The second-order valence-electron chi connectivity index (χ2n) is 6.95. The first kappa shape index (κ1) is 21.2. The Morgan fingerprint density at radius 1 is 1.06 bits per heavy atom. The van der Waals surface area contributed by atoms with Crippen molar-refractivity contribution in [2.75, 3.05) is 11.9 Å². The number of carbonyl (C=O) groups excluding carboxylic acids is 1. The molecule has 1 aliphatic heterocycles. The minimum Gasteiger partial charge on any atom is -0.488 e. The molecule has 156 valence electrons. The van der Waals surface area contributed by atoms with E-state index in [1.807, 2.05) is 48.5 Å². The Bertz CT molecular complexity index is 1180. The summed E-state index contributed by atoms with van der Waals surface area (Å²) in [6.45, 7) is 0.202. The van der Waals surface area contributed by atoms with Gasteiger partial charge in [-0.05, 0) is 66.3 Å². The maximum atomic E-state index is 13.5. The number of thiocarbonyl (C=S) groups is 1. The van der Waals surface area contributed by atoms with Crippen molar-refractivity contribution >= 4 is 50.9 Å². The highest BCUT2D eigenvalue weighted by molar-refractivity contribution is 9.10. The number of hydrogen-bond donors (Lipinski definition) is 0. The van der Waals surface area contributed by atoms with Gasteiger partial charge in [0.2, 0.25) is 0 Å². The molecule has 0 bridgehead atoms. The third-order valence-electron chi connectivity index (χ3n) is 4.82. The standard InChI is InChI=1S/C24H18BrFN2O2S/c1-27-21(23(29)28(24(27)31)20-8-3-2-4-9-20)14-17-13-18(25)10-11-22(17)30-15-16-6-5-7-19(26)12-16/h2-14H,15H2,1H3/b21-14-. The van der Waals surface area contributed by atoms with Gasteiger partial charge in [0, 0.05) is 17.1 Å². The van der Waals surface area contributed by atoms with Crippen molar-refractivity contribution in [3.8, 4) is 5.75 Å². The average molecular weight is 497 g/mol. The summed E-state index contributed by atoms with van der Waals surface area (Å²) in [5.41, 5.74) is 2.57. The van der Waals surface area contributed by atoms with E-state index in [-0.39, 0.29) is 18.3 Å². The van der Waals surface area contributed by atoms with Crippen LogP contribution in [0.2, 0.25) is 0 Å². The highest BCUT2D eigenvalue weighted by Crippen LogP contribution is 2.31. The van der Waals surface area contributed by atoms with Crippen LogP contribution in [0.15, 0.2) is 83.0 Å². The van der Waals surface area contributed by atoms with E-state index in [9.17, 15) is 9.18 Å². The van der Waals surface area contributed by atoms with Crippen molar-refractivity contribution in [3.63, 3.8) is 0 Å². The van der Waals surface area contributed by atoms with Gasteiger partial charge in [-0.3, -0.25) is 9.69 Å². The van der Waals surface area contributed by atoms with Gasteiger partial charge < -0.3 is 9.64 Å². The van der Waals surface area contributed by atoms with Crippen molar-refractivity contribution in [1.29, 1.82) is 0 Å². The summed E-state index contributed by atoms with van der Waals surface area (Å²) in [7, 11) is 1.76. The summed E-state index contributed by atoms with van der Waals surface area (Å²) in [4.78, 5) is 16.4. The Morgan fingerprint density at radius 2 is 1.84 bits per heavy atom. The molecule has 1 heterocycles. The van der Waals surface area contributed by atoms with Crippen LogP contribution >= 0.6 is 28.1 Å². The fourth-order valence-corrected chi connectivity index (χ4v) is 3.93. The summed E-state index contributed by atoms with van der Waals surface area (Å²) < 4.78 is 20.2. The number of nitrogens with zero attached hydrogens (tertiary/aromatic N) is 2. The Labute approximate surface area is 193 Å². The second-order valence-corrected chi connectivity index (χ2v) is 8.23. The van der Waals surface area contributed by atoms with E-state index in [2.05, 4.69) is 15.9 Å². The molecule has 0 N–H and O–H groups in total. The number of amides is 1. The third-order valence-corrected chi connectivity index (χ3v) is 5.77. The second kappa shape index (κ2) is 8.99. The molecule has 0 aliphatic carbocycles. The summed E-state index contributed by atoms with van der Waals surface area (Å²) in [5.74, 6) is 0.0481. The number of carbonyl (C=O) groups is 1. The third kappa shape index (κ3) is 4.52. The van der Waals surface area contributed by atoms with Crippen LogP contribution in [0.3, 0.4) is 0 Å². The first-order valence-corrected chi connectivity index (χ1v) is 10.7. The van der Waals surface area contributed by atoms with Crippen LogP contribution in [0.1, 0.15) is 11.1 Å². The van der Waals surface area contributed by atoms with Crippen LogP contribution in [-0.2, 0) is 11.4 Å². The number of hydrogen-bond acceptors (Lipinski definition) is 3. The van der Waals surface area contributed by atoms with E-state index in [0.29, 0.717) is 33.4 Å². The number of anilines is 1. The van der Waals surface area contributed by atoms with Gasteiger partial charge >= 0.3 is 0 Å². The van der Waals surface area contributed by atoms with Crippen molar-refractivity contribution < 1.29 is 13.9 Å². The minimum atomic E-state index is -0.313. The molecule has 4 nitrogen and oxygen atoms in total. The van der Waals surface area contributed by atoms with E-state index in [0.717, 1.165) is 4.47 Å². The lowest BCUT2D eigenvalue weighted by molar-refractivity contribution is -0.114. The molecule has 7 heteroatoms. The molecular formula is C24H18BrFN2O2S. The van der Waals surface area contributed by atoms with Gasteiger partial charge in [0.25, 0.3) is 5.91 Å². The normalized spacial score (nSPS) is 15.1. The topological polar surface area (TPSA) is 32.8 Å². The summed E-state index contributed by atoms with van der Waals surface area (Å²) >= 11 is 8.99.